The zero-order valence-electron chi connectivity index (χ0n) is 12.8. The number of rotatable bonds is 3. The van der Waals surface area contributed by atoms with E-state index in [2.05, 4.69) is 16.5 Å². The molecule has 0 bridgehead atoms. The lowest BCUT2D eigenvalue weighted by molar-refractivity contribution is 0.0928. The fourth-order valence-electron chi connectivity index (χ4n) is 3.27. The molecule has 0 spiro atoms. The first-order valence-electron chi connectivity index (χ1n) is 7.76. The van der Waals surface area contributed by atoms with E-state index >= 15 is 0 Å². The molecule has 1 fully saturated rings. The van der Waals surface area contributed by atoms with Crippen molar-refractivity contribution in [3.8, 4) is 6.07 Å². The molecule has 0 aliphatic heterocycles. The summed E-state index contributed by atoms with van der Waals surface area (Å²) in [5.74, 6) is -0.197. The summed E-state index contributed by atoms with van der Waals surface area (Å²) in [6, 6.07) is 10.1. The average Bonchev–Trinajstić information content (AvgIpc) is 2.91. The number of amides is 1. The fraction of sp³-hybridized carbons (Fsp3) is 0.471. The third-order valence-electron chi connectivity index (χ3n) is 4.61. The van der Waals surface area contributed by atoms with E-state index in [4.69, 9.17) is 0 Å². The van der Waals surface area contributed by atoms with Crippen LogP contribution in [0.4, 0.5) is 0 Å². The Hall–Kier alpha value is -2.35. The number of benzene rings is 1. The molecular formula is C17H20N4O. The van der Waals surface area contributed by atoms with Crippen LogP contribution in [0.5, 0.6) is 0 Å². The zero-order chi connectivity index (χ0) is 15.6. The van der Waals surface area contributed by atoms with Crippen molar-refractivity contribution in [2.24, 2.45) is 12.5 Å². The number of hydrogen-bond donors (Lipinski definition) is 1. The van der Waals surface area contributed by atoms with Gasteiger partial charge >= 0.3 is 0 Å². The maximum Gasteiger partial charge on any atom is 0.272 e. The summed E-state index contributed by atoms with van der Waals surface area (Å²) >= 11 is 0. The van der Waals surface area contributed by atoms with Crippen LogP contribution in [-0.4, -0.2) is 22.2 Å². The topological polar surface area (TPSA) is 70.7 Å². The Balaban J connectivity index is 1.78. The van der Waals surface area contributed by atoms with Crippen molar-refractivity contribution in [2.75, 3.05) is 6.54 Å². The smallest absolute Gasteiger partial charge is 0.272 e. The lowest BCUT2D eigenvalue weighted by atomic mass is 9.75. The van der Waals surface area contributed by atoms with E-state index in [1.165, 1.54) is 6.42 Å². The molecule has 1 amide bonds. The highest BCUT2D eigenvalue weighted by Gasteiger charge is 2.32. The fourth-order valence-corrected chi connectivity index (χ4v) is 3.27. The predicted octanol–water partition coefficient (Wildman–Crippen LogP) is 2.78. The van der Waals surface area contributed by atoms with Crippen molar-refractivity contribution in [1.82, 2.24) is 15.1 Å². The van der Waals surface area contributed by atoms with Gasteiger partial charge in [0, 0.05) is 19.0 Å². The molecule has 0 atom stereocenters. The van der Waals surface area contributed by atoms with Crippen molar-refractivity contribution in [3.63, 3.8) is 0 Å². The number of para-hydroxylation sites is 1. The largest absolute Gasteiger partial charge is 0.349 e. The van der Waals surface area contributed by atoms with Gasteiger partial charge in [-0.2, -0.15) is 10.4 Å². The Morgan fingerprint density at radius 3 is 2.82 bits per heavy atom. The van der Waals surface area contributed by atoms with Crippen LogP contribution in [0.3, 0.4) is 0 Å². The summed E-state index contributed by atoms with van der Waals surface area (Å²) in [6.45, 7) is 0.410. The molecule has 2 aromatic rings. The first kappa shape index (κ1) is 14.6. The van der Waals surface area contributed by atoms with Gasteiger partial charge < -0.3 is 5.32 Å². The van der Waals surface area contributed by atoms with Crippen molar-refractivity contribution in [2.45, 2.75) is 32.1 Å². The third-order valence-corrected chi connectivity index (χ3v) is 4.61. The van der Waals surface area contributed by atoms with Crippen LogP contribution in [-0.2, 0) is 7.05 Å². The van der Waals surface area contributed by atoms with Crippen LogP contribution in [0, 0.1) is 16.7 Å². The van der Waals surface area contributed by atoms with E-state index < -0.39 is 5.41 Å². The first-order valence-corrected chi connectivity index (χ1v) is 7.76. The molecule has 1 N–H and O–H groups in total. The summed E-state index contributed by atoms with van der Waals surface area (Å²) in [6.07, 6.45) is 5.05. The summed E-state index contributed by atoms with van der Waals surface area (Å²) in [7, 11) is 1.83. The number of nitrogens with one attached hydrogen (secondary N) is 1. The maximum absolute atomic E-state index is 12.5. The highest BCUT2D eigenvalue weighted by molar-refractivity contribution is 6.04. The average molecular weight is 296 g/mol. The second-order valence-electron chi connectivity index (χ2n) is 6.12. The second kappa shape index (κ2) is 5.80. The molecule has 1 aromatic heterocycles. The van der Waals surface area contributed by atoms with E-state index in [-0.39, 0.29) is 5.91 Å². The Labute approximate surface area is 129 Å². The van der Waals surface area contributed by atoms with Gasteiger partial charge in [-0.05, 0) is 18.9 Å². The van der Waals surface area contributed by atoms with Gasteiger partial charge in [-0.3, -0.25) is 9.48 Å². The summed E-state index contributed by atoms with van der Waals surface area (Å²) in [4.78, 5) is 12.5. The maximum atomic E-state index is 12.5. The first-order chi connectivity index (χ1) is 10.7. The lowest BCUT2D eigenvalue weighted by Crippen LogP contribution is -2.38. The van der Waals surface area contributed by atoms with Crippen molar-refractivity contribution in [3.05, 3.63) is 30.0 Å². The number of carbonyl (C=O) groups excluding carboxylic acids is 1. The third kappa shape index (κ3) is 2.57. The number of nitriles is 1. The number of nitrogens with zero attached hydrogens (tertiary/aromatic N) is 3. The van der Waals surface area contributed by atoms with E-state index in [0.717, 1.165) is 36.6 Å². The van der Waals surface area contributed by atoms with Crippen LogP contribution in [0.2, 0.25) is 0 Å². The minimum atomic E-state index is -0.404. The van der Waals surface area contributed by atoms with Gasteiger partial charge in [-0.1, -0.05) is 37.5 Å². The molecule has 5 heteroatoms. The van der Waals surface area contributed by atoms with Crippen molar-refractivity contribution < 1.29 is 4.79 Å². The van der Waals surface area contributed by atoms with Gasteiger partial charge in [0.15, 0.2) is 5.69 Å². The highest BCUT2D eigenvalue weighted by Crippen LogP contribution is 2.35. The van der Waals surface area contributed by atoms with E-state index in [0.29, 0.717) is 12.2 Å². The normalized spacial score (nSPS) is 17.1. The van der Waals surface area contributed by atoms with Crippen LogP contribution in [0.15, 0.2) is 24.3 Å². The molecule has 22 heavy (non-hydrogen) atoms. The van der Waals surface area contributed by atoms with E-state index in [1.54, 1.807) is 4.68 Å². The lowest BCUT2D eigenvalue weighted by Gasteiger charge is -2.30. The Morgan fingerprint density at radius 2 is 2.09 bits per heavy atom. The number of carbonyl (C=O) groups is 1. The highest BCUT2D eigenvalue weighted by atomic mass is 16.1. The Morgan fingerprint density at radius 1 is 1.36 bits per heavy atom. The summed E-state index contributed by atoms with van der Waals surface area (Å²) in [5.41, 5.74) is 0.959. The van der Waals surface area contributed by atoms with Crippen LogP contribution >= 0.6 is 0 Å². The van der Waals surface area contributed by atoms with E-state index in [1.807, 2.05) is 31.3 Å². The zero-order valence-corrected chi connectivity index (χ0v) is 12.8. The second-order valence-corrected chi connectivity index (χ2v) is 6.12. The number of aryl methyl sites for hydroxylation is 1. The molecule has 114 valence electrons. The molecule has 0 saturated heterocycles. The van der Waals surface area contributed by atoms with Gasteiger partial charge in [0.1, 0.15) is 0 Å². The number of aromatic nitrogens is 2. The Bertz CT molecular complexity index is 735. The molecule has 1 saturated carbocycles. The van der Waals surface area contributed by atoms with Gasteiger partial charge in [-0.25, -0.2) is 0 Å². The standard InChI is InChI=1S/C17H20N4O/c1-21-14-8-4-3-7-13(14)15(20-21)16(22)19-12-17(11-18)9-5-2-6-10-17/h3-4,7-8H,2,5-6,9-10,12H2,1H3,(H,19,22). The number of hydrogen-bond acceptors (Lipinski definition) is 3. The SMILES string of the molecule is Cn1nc(C(=O)NCC2(C#N)CCCCC2)c2ccccc21. The van der Waals surface area contributed by atoms with Gasteiger partial charge in [0.2, 0.25) is 0 Å². The van der Waals surface area contributed by atoms with Crippen LogP contribution in [0.25, 0.3) is 10.9 Å². The molecule has 3 rings (SSSR count). The molecular weight excluding hydrogens is 276 g/mol. The molecule has 1 aliphatic rings. The minimum absolute atomic E-state index is 0.197. The molecule has 0 radical (unpaired) electrons. The van der Waals surface area contributed by atoms with Gasteiger partial charge in [0.05, 0.1) is 17.0 Å². The Kier molecular flexibility index (Phi) is 3.84. The molecule has 1 aliphatic carbocycles. The number of fused-ring (bicyclic) bond motifs is 1. The van der Waals surface area contributed by atoms with Crippen LogP contribution in [0.1, 0.15) is 42.6 Å². The predicted molar refractivity (Wildman–Crippen MR) is 84.2 cm³/mol. The molecule has 0 unspecified atom stereocenters. The van der Waals surface area contributed by atoms with Gasteiger partial charge in [-0.15, -0.1) is 0 Å². The minimum Gasteiger partial charge on any atom is -0.349 e. The van der Waals surface area contributed by atoms with Gasteiger partial charge in [0.25, 0.3) is 5.91 Å². The molecule has 5 nitrogen and oxygen atoms in total. The molecule has 1 aromatic carbocycles. The summed E-state index contributed by atoms with van der Waals surface area (Å²) < 4.78 is 1.71. The van der Waals surface area contributed by atoms with Crippen molar-refractivity contribution >= 4 is 16.8 Å². The quantitative estimate of drug-likeness (QED) is 0.946. The van der Waals surface area contributed by atoms with Crippen LogP contribution < -0.4 is 5.32 Å². The van der Waals surface area contributed by atoms with E-state index in [9.17, 15) is 10.1 Å². The monoisotopic (exact) mass is 296 g/mol. The summed E-state index contributed by atoms with van der Waals surface area (Å²) in [5, 5.41) is 17.6. The van der Waals surface area contributed by atoms with Crippen molar-refractivity contribution in [1.29, 1.82) is 5.26 Å². The molecule has 1 heterocycles.